The first-order valence-electron chi connectivity index (χ1n) is 15.1. The lowest BCUT2D eigenvalue weighted by atomic mass is 9.95. The SMILES string of the molecule is C[C@@]12CC[C@H](CN(c3nc(OCC45CCCN4C[C@H](F)C5)nc4c(F)c(-c5nc(O)cc6cccc(Cl)c56)c(F)cc34)C1)N2. The van der Waals surface area contributed by atoms with Gasteiger partial charge < -0.3 is 20.1 Å². The van der Waals surface area contributed by atoms with Gasteiger partial charge in [-0.05, 0) is 56.7 Å². The van der Waals surface area contributed by atoms with Gasteiger partial charge in [-0.2, -0.15) is 9.97 Å². The summed E-state index contributed by atoms with van der Waals surface area (Å²) in [5.74, 6) is -1.84. The molecule has 4 aliphatic heterocycles. The molecule has 12 heteroatoms. The van der Waals surface area contributed by atoms with E-state index in [1.165, 1.54) is 12.1 Å². The van der Waals surface area contributed by atoms with Gasteiger partial charge in [0, 0.05) is 54.5 Å². The predicted molar refractivity (Wildman–Crippen MR) is 162 cm³/mol. The Morgan fingerprint density at radius 1 is 1.16 bits per heavy atom. The standard InChI is InChI=1S/C32H32ClF3N6O2/c1-31-8-6-19(40-31)14-41(15-31)29-20-11-22(35)25(28-24-17(10-23(43)37-28)4-2-5-21(24)33)26(36)27(20)38-30(39-29)44-16-32-7-3-9-42(32)13-18(34)12-32/h2,4-5,10-11,18-19,40H,3,6-9,12-16H2,1H3,(H,37,43)/t18-,19-,31-,32?/m1/s1. The van der Waals surface area contributed by atoms with Crippen LogP contribution in [-0.2, 0) is 0 Å². The van der Waals surface area contributed by atoms with Crippen molar-refractivity contribution in [1.29, 1.82) is 0 Å². The zero-order valence-corrected chi connectivity index (χ0v) is 25.0. The molecule has 0 amide bonds. The number of nitrogens with one attached hydrogen (secondary N) is 1. The molecule has 8 rings (SSSR count). The smallest absolute Gasteiger partial charge is 0.319 e. The number of hydrogen-bond donors (Lipinski definition) is 2. The molecule has 4 aliphatic rings. The van der Waals surface area contributed by atoms with Crippen LogP contribution in [0.3, 0.4) is 0 Å². The zero-order valence-electron chi connectivity index (χ0n) is 24.2. The second kappa shape index (κ2) is 10.1. The van der Waals surface area contributed by atoms with E-state index in [1.54, 1.807) is 18.2 Å². The first-order valence-corrected chi connectivity index (χ1v) is 15.5. The van der Waals surface area contributed by atoms with E-state index in [-0.39, 0.29) is 45.8 Å². The van der Waals surface area contributed by atoms with Gasteiger partial charge in [-0.25, -0.2) is 18.2 Å². The summed E-state index contributed by atoms with van der Waals surface area (Å²) in [5.41, 5.74) is -1.32. The minimum absolute atomic E-state index is 0.0460. The largest absolute Gasteiger partial charge is 0.493 e. The molecule has 0 spiro atoms. The van der Waals surface area contributed by atoms with E-state index >= 15 is 8.78 Å². The highest BCUT2D eigenvalue weighted by Crippen LogP contribution is 2.43. The van der Waals surface area contributed by atoms with Crippen molar-refractivity contribution in [3.05, 3.63) is 47.0 Å². The van der Waals surface area contributed by atoms with Crippen molar-refractivity contribution in [2.75, 3.05) is 37.7 Å². The zero-order chi connectivity index (χ0) is 30.4. The van der Waals surface area contributed by atoms with Gasteiger partial charge in [-0.15, -0.1) is 0 Å². The number of aromatic hydroxyl groups is 1. The van der Waals surface area contributed by atoms with Crippen molar-refractivity contribution < 1.29 is 23.0 Å². The van der Waals surface area contributed by atoms with Gasteiger partial charge in [0.15, 0.2) is 5.82 Å². The summed E-state index contributed by atoms with van der Waals surface area (Å²) in [6.07, 6.45) is 3.16. The van der Waals surface area contributed by atoms with Crippen LogP contribution >= 0.6 is 11.6 Å². The van der Waals surface area contributed by atoms with Crippen LogP contribution in [0, 0.1) is 11.6 Å². The van der Waals surface area contributed by atoms with Gasteiger partial charge >= 0.3 is 6.01 Å². The van der Waals surface area contributed by atoms with Crippen molar-refractivity contribution in [3.63, 3.8) is 0 Å². The fourth-order valence-electron chi connectivity index (χ4n) is 8.07. The summed E-state index contributed by atoms with van der Waals surface area (Å²) in [5, 5.41) is 15.3. The molecule has 4 fully saturated rings. The molecule has 4 saturated heterocycles. The van der Waals surface area contributed by atoms with E-state index in [1.807, 2.05) is 0 Å². The number of ether oxygens (including phenoxy) is 1. The van der Waals surface area contributed by atoms with Crippen LogP contribution in [0.2, 0.25) is 5.02 Å². The van der Waals surface area contributed by atoms with E-state index in [2.05, 4.69) is 32.0 Å². The van der Waals surface area contributed by atoms with Crippen molar-refractivity contribution in [3.8, 4) is 23.1 Å². The highest BCUT2D eigenvalue weighted by atomic mass is 35.5. The lowest BCUT2D eigenvalue weighted by Gasteiger charge is -2.40. The molecule has 8 nitrogen and oxygen atoms in total. The first kappa shape index (κ1) is 28.1. The van der Waals surface area contributed by atoms with Gasteiger partial charge in [0.1, 0.15) is 29.9 Å². The first-order chi connectivity index (χ1) is 21.1. The van der Waals surface area contributed by atoms with E-state index in [0.29, 0.717) is 42.6 Å². The number of alkyl halides is 1. The van der Waals surface area contributed by atoms with Gasteiger partial charge in [0.25, 0.3) is 0 Å². The molecule has 2 aromatic carbocycles. The average Bonchev–Trinajstić information content (AvgIpc) is 3.59. The highest BCUT2D eigenvalue weighted by Gasteiger charge is 2.49. The van der Waals surface area contributed by atoms with Crippen LogP contribution in [0.4, 0.5) is 19.0 Å². The molecule has 230 valence electrons. The summed E-state index contributed by atoms with van der Waals surface area (Å²) >= 11 is 6.49. The van der Waals surface area contributed by atoms with E-state index in [0.717, 1.165) is 32.2 Å². The fourth-order valence-corrected chi connectivity index (χ4v) is 8.34. The van der Waals surface area contributed by atoms with Crippen LogP contribution in [-0.4, -0.2) is 81.0 Å². The van der Waals surface area contributed by atoms with Crippen LogP contribution in [0.25, 0.3) is 32.9 Å². The van der Waals surface area contributed by atoms with Crippen LogP contribution < -0.4 is 15.0 Å². The Balaban J connectivity index is 1.29. The molecule has 6 heterocycles. The van der Waals surface area contributed by atoms with Crippen molar-refractivity contribution >= 4 is 39.1 Å². The Morgan fingerprint density at radius 3 is 2.86 bits per heavy atom. The predicted octanol–water partition coefficient (Wildman–Crippen LogP) is 5.77. The van der Waals surface area contributed by atoms with Crippen LogP contribution in [0.15, 0.2) is 30.3 Å². The summed E-state index contributed by atoms with van der Waals surface area (Å²) in [7, 11) is 0. The molecule has 44 heavy (non-hydrogen) atoms. The number of piperazine rings is 1. The molecule has 2 aromatic heterocycles. The minimum atomic E-state index is -0.956. The van der Waals surface area contributed by atoms with Crippen LogP contribution in [0.5, 0.6) is 11.9 Å². The fraction of sp³-hybridized carbons (Fsp3) is 0.469. The quantitative estimate of drug-likeness (QED) is 0.290. The monoisotopic (exact) mass is 624 g/mol. The number of fused-ring (bicyclic) bond motifs is 5. The Morgan fingerprint density at radius 2 is 2.02 bits per heavy atom. The van der Waals surface area contributed by atoms with Gasteiger partial charge in [0.2, 0.25) is 5.88 Å². The summed E-state index contributed by atoms with van der Waals surface area (Å²) in [6, 6.07) is 7.77. The third-order valence-corrected chi connectivity index (χ3v) is 10.3. The Kier molecular flexibility index (Phi) is 6.42. The van der Waals surface area contributed by atoms with Crippen molar-refractivity contribution in [2.45, 2.75) is 62.3 Å². The van der Waals surface area contributed by atoms with Gasteiger partial charge in [0.05, 0.1) is 21.8 Å². The number of anilines is 1. The maximum absolute atomic E-state index is 16.7. The minimum Gasteiger partial charge on any atom is -0.493 e. The lowest BCUT2D eigenvalue weighted by molar-refractivity contribution is 0.107. The lowest BCUT2D eigenvalue weighted by Crippen LogP contribution is -2.58. The summed E-state index contributed by atoms with van der Waals surface area (Å²) in [6.45, 7) is 4.70. The number of benzene rings is 2. The maximum atomic E-state index is 16.7. The van der Waals surface area contributed by atoms with E-state index in [9.17, 15) is 9.50 Å². The normalized spacial score (nSPS) is 28.3. The van der Waals surface area contributed by atoms with Gasteiger partial charge in [-0.1, -0.05) is 23.7 Å². The second-order valence-electron chi connectivity index (χ2n) is 13.1. The second-order valence-corrected chi connectivity index (χ2v) is 13.5. The molecule has 4 atom stereocenters. The number of pyridine rings is 1. The maximum Gasteiger partial charge on any atom is 0.319 e. The summed E-state index contributed by atoms with van der Waals surface area (Å²) < 4.78 is 53.5. The Labute approximate surface area is 257 Å². The number of halogens is 4. The number of nitrogens with zero attached hydrogens (tertiary/aromatic N) is 5. The third-order valence-electron chi connectivity index (χ3n) is 9.98. The Hall–Kier alpha value is -3.41. The molecule has 0 radical (unpaired) electrons. The molecule has 4 aromatic rings. The number of rotatable bonds is 5. The van der Waals surface area contributed by atoms with E-state index in [4.69, 9.17) is 21.3 Å². The van der Waals surface area contributed by atoms with Crippen molar-refractivity contribution in [2.24, 2.45) is 0 Å². The van der Waals surface area contributed by atoms with E-state index < -0.39 is 34.8 Å². The van der Waals surface area contributed by atoms with Crippen molar-refractivity contribution in [1.82, 2.24) is 25.2 Å². The molecular formula is C32H32ClF3N6O2. The molecule has 2 bridgehead atoms. The topological polar surface area (TPSA) is 86.6 Å². The number of aromatic nitrogens is 3. The van der Waals surface area contributed by atoms with Gasteiger partial charge in [-0.3, -0.25) is 4.90 Å². The van der Waals surface area contributed by atoms with Crippen LogP contribution in [0.1, 0.15) is 39.0 Å². The summed E-state index contributed by atoms with van der Waals surface area (Å²) in [4.78, 5) is 17.5. The average molecular weight is 625 g/mol. The molecule has 2 N–H and O–H groups in total. The molecule has 1 unspecified atom stereocenters. The highest BCUT2D eigenvalue weighted by molar-refractivity contribution is 6.36. The molecule has 0 aliphatic carbocycles. The molecule has 0 saturated carbocycles. The molecular weight excluding hydrogens is 593 g/mol. The third kappa shape index (κ3) is 4.46. The Bertz CT molecular complexity index is 1830. The number of hydrogen-bond acceptors (Lipinski definition) is 8.